The van der Waals surface area contributed by atoms with Crippen molar-refractivity contribution >= 4 is 22.6 Å². The molecule has 72 valence electrons. The van der Waals surface area contributed by atoms with Crippen LogP contribution in [0, 0.1) is 0 Å². The van der Waals surface area contributed by atoms with E-state index in [0.717, 1.165) is 11.8 Å². The molecule has 0 N–H and O–H groups in total. The molecule has 0 radical (unpaired) electrons. The van der Waals surface area contributed by atoms with E-state index in [1.54, 1.807) is 0 Å². The lowest BCUT2D eigenvalue weighted by Crippen LogP contribution is -1.89. The summed E-state index contributed by atoms with van der Waals surface area (Å²) in [6.45, 7) is 0. The van der Waals surface area contributed by atoms with E-state index in [0.29, 0.717) is 5.69 Å². The van der Waals surface area contributed by atoms with Crippen LogP contribution >= 0.6 is 0 Å². The van der Waals surface area contributed by atoms with E-state index in [9.17, 15) is 4.79 Å². The van der Waals surface area contributed by atoms with Crippen LogP contribution in [-0.2, 0) is 0 Å². The van der Waals surface area contributed by atoms with Crippen LogP contribution in [0.25, 0.3) is 16.3 Å². The van der Waals surface area contributed by atoms with Gasteiger partial charge in [-0.3, -0.25) is 4.79 Å². The van der Waals surface area contributed by atoms with Crippen LogP contribution in [0.5, 0.6) is 0 Å². The third-order valence-electron chi connectivity index (χ3n) is 2.71. The highest BCUT2D eigenvalue weighted by molar-refractivity contribution is 5.97. The van der Waals surface area contributed by atoms with Crippen molar-refractivity contribution in [1.29, 1.82) is 0 Å². The number of hydrogen-bond acceptors (Lipinski definition) is 1. The van der Waals surface area contributed by atoms with Gasteiger partial charge in [0.25, 0.3) is 0 Å². The molecule has 0 amide bonds. The molecule has 1 aromatic carbocycles. The largest absolute Gasteiger partial charge is 0.314 e. The van der Waals surface area contributed by atoms with Crippen molar-refractivity contribution in [3.8, 4) is 0 Å². The van der Waals surface area contributed by atoms with Gasteiger partial charge in [-0.05, 0) is 23.6 Å². The summed E-state index contributed by atoms with van der Waals surface area (Å²) in [7, 11) is 0. The molecular weight excluding hydrogens is 186 g/mol. The maximum atomic E-state index is 10.8. The summed E-state index contributed by atoms with van der Waals surface area (Å²) in [5.74, 6) is 0. The smallest absolute Gasteiger partial charge is 0.166 e. The zero-order valence-corrected chi connectivity index (χ0v) is 8.05. The molecule has 15 heavy (non-hydrogen) atoms. The Hall–Kier alpha value is -2.09. The predicted molar refractivity (Wildman–Crippen MR) is 60.3 cm³/mol. The molecule has 2 aromatic heterocycles. The highest BCUT2D eigenvalue weighted by Crippen LogP contribution is 2.21. The van der Waals surface area contributed by atoms with Gasteiger partial charge in [0.1, 0.15) is 0 Å². The van der Waals surface area contributed by atoms with Crippen molar-refractivity contribution in [3.63, 3.8) is 0 Å². The zero-order valence-electron chi connectivity index (χ0n) is 8.05. The molecule has 0 atom stereocenters. The molecule has 0 saturated carbocycles. The lowest BCUT2D eigenvalue weighted by Gasteiger charge is -2.01. The number of aromatic nitrogens is 1. The van der Waals surface area contributed by atoms with Crippen molar-refractivity contribution < 1.29 is 4.79 Å². The number of carbonyl (C=O) groups is 1. The second kappa shape index (κ2) is 2.95. The monoisotopic (exact) mass is 195 g/mol. The minimum atomic E-state index is 0.691. The van der Waals surface area contributed by atoms with E-state index in [1.165, 1.54) is 10.8 Å². The number of rotatable bonds is 1. The lowest BCUT2D eigenvalue weighted by atomic mass is 10.1. The molecule has 0 spiro atoms. The molecule has 2 heteroatoms. The quantitative estimate of drug-likeness (QED) is 0.547. The summed E-state index contributed by atoms with van der Waals surface area (Å²) in [6, 6.07) is 14.0. The Bertz CT molecular complexity index is 652. The van der Waals surface area contributed by atoms with E-state index < -0.39 is 0 Å². The second-order valence-corrected chi connectivity index (χ2v) is 3.53. The molecule has 3 rings (SSSR count). The summed E-state index contributed by atoms with van der Waals surface area (Å²) < 4.78 is 1.91. The van der Waals surface area contributed by atoms with Crippen LogP contribution in [0.2, 0.25) is 0 Å². The first kappa shape index (κ1) is 8.24. The maximum Gasteiger partial charge on any atom is 0.166 e. The third kappa shape index (κ3) is 1.08. The highest BCUT2D eigenvalue weighted by Gasteiger charge is 2.03. The van der Waals surface area contributed by atoms with E-state index in [-0.39, 0.29) is 0 Å². The Balaban J connectivity index is 2.55. The standard InChI is InChI=1S/C13H9NO/c15-9-11-5-6-13-12-4-2-1-3-10(12)7-8-14(11)13/h1-9H. The van der Waals surface area contributed by atoms with Crippen LogP contribution in [-0.4, -0.2) is 10.7 Å². The average Bonchev–Trinajstić information content (AvgIpc) is 2.72. The van der Waals surface area contributed by atoms with Gasteiger partial charge >= 0.3 is 0 Å². The fourth-order valence-corrected chi connectivity index (χ4v) is 1.98. The minimum Gasteiger partial charge on any atom is -0.314 e. The molecule has 0 unspecified atom stereocenters. The fourth-order valence-electron chi connectivity index (χ4n) is 1.98. The Labute approximate surface area is 86.8 Å². The van der Waals surface area contributed by atoms with Crippen molar-refractivity contribution in [3.05, 3.63) is 54.4 Å². The fraction of sp³-hybridized carbons (Fsp3) is 0. The molecular formula is C13H9NO. The Morgan fingerprint density at radius 1 is 1.00 bits per heavy atom. The molecule has 0 aliphatic heterocycles. The Morgan fingerprint density at radius 3 is 2.73 bits per heavy atom. The SMILES string of the molecule is O=Cc1ccc2c3ccccc3ccn12. The van der Waals surface area contributed by atoms with Gasteiger partial charge in [-0.2, -0.15) is 0 Å². The first-order valence-electron chi connectivity index (χ1n) is 4.84. The topological polar surface area (TPSA) is 21.5 Å². The summed E-state index contributed by atoms with van der Waals surface area (Å²) in [5.41, 5.74) is 1.77. The van der Waals surface area contributed by atoms with Crippen LogP contribution in [0.4, 0.5) is 0 Å². The van der Waals surface area contributed by atoms with Crippen LogP contribution in [0.15, 0.2) is 48.7 Å². The maximum absolute atomic E-state index is 10.8. The van der Waals surface area contributed by atoms with Gasteiger partial charge < -0.3 is 4.40 Å². The van der Waals surface area contributed by atoms with Gasteiger partial charge in [-0.1, -0.05) is 24.3 Å². The number of benzene rings is 1. The van der Waals surface area contributed by atoms with E-state index in [4.69, 9.17) is 0 Å². The average molecular weight is 195 g/mol. The normalized spacial score (nSPS) is 10.9. The van der Waals surface area contributed by atoms with Gasteiger partial charge in [-0.15, -0.1) is 0 Å². The van der Waals surface area contributed by atoms with Crippen LogP contribution in [0.3, 0.4) is 0 Å². The summed E-state index contributed by atoms with van der Waals surface area (Å²) in [4.78, 5) is 10.8. The molecule has 2 heterocycles. The van der Waals surface area contributed by atoms with Gasteiger partial charge in [0, 0.05) is 11.6 Å². The van der Waals surface area contributed by atoms with Gasteiger partial charge in [-0.25, -0.2) is 0 Å². The molecule has 3 aromatic rings. The van der Waals surface area contributed by atoms with Crippen molar-refractivity contribution in [2.24, 2.45) is 0 Å². The van der Waals surface area contributed by atoms with E-state index in [2.05, 4.69) is 12.1 Å². The number of nitrogens with zero attached hydrogens (tertiary/aromatic N) is 1. The van der Waals surface area contributed by atoms with Gasteiger partial charge in [0.2, 0.25) is 0 Å². The predicted octanol–water partition coefficient (Wildman–Crippen LogP) is 2.91. The van der Waals surface area contributed by atoms with Crippen LogP contribution in [0.1, 0.15) is 10.5 Å². The first-order valence-corrected chi connectivity index (χ1v) is 4.84. The van der Waals surface area contributed by atoms with Crippen LogP contribution < -0.4 is 0 Å². The second-order valence-electron chi connectivity index (χ2n) is 3.53. The number of hydrogen-bond donors (Lipinski definition) is 0. The van der Waals surface area contributed by atoms with Gasteiger partial charge in [0.05, 0.1) is 11.2 Å². The molecule has 0 aliphatic rings. The van der Waals surface area contributed by atoms with Gasteiger partial charge in [0.15, 0.2) is 6.29 Å². The summed E-state index contributed by atoms with van der Waals surface area (Å²) in [5, 5.41) is 2.37. The number of pyridine rings is 1. The van der Waals surface area contributed by atoms with Crippen molar-refractivity contribution in [1.82, 2.24) is 4.40 Å². The molecule has 0 fully saturated rings. The number of fused-ring (bicyclic) bond motifs is 3. The lowest BCUT2D eigenvalue weighted by molar-refractivity contribution is 0.111. The number of carbonyl (C=O) groups excluding carboxylic acids is 1. The molecule has 0 saturated heterocycles. The zero-order chi connectivity index (χ0) is 10.3. The summed E-state index contributed by atoms with van der Waals surface area (Å²) >= 11 is 0. The Morgan fingerprint density at radius 2 is 1.87 bits per heavy atom. The minimum absolute atomic E-state index is 0.691. The highest BCUT2D eigenvalue weighted by atomic mass is 16.1. The number of aldehydes is 1. The first-order chi connectivity index (χ1) is 7.40. The third-order valence-corrected chi connectivity index (χ3v) is 2.71. The molecule has 0 aliphatic carbocycles. The van der Waals surface area contributed by atoms with E-state index in [1.807, 2.05) is 40.9 Å². The summed E-state index contributed by atoms with van der Waals surface area (Å²) in [6.07, 6.45) is 2.81. The molecule has 2 nitrogen and oxygen atoms in total. The Kier molecular flexibility index (Phi) is 1.62. The van der Waals surface area contributed by atoms with Crippen molar-refractivity contribution in [2.45, 2.75) is 0 Å². The molecule has 0 bridgehead atoms. The van der Waals surface area contributed by atoms with E-state index >= 15 is 0 Å². The van der Waals surface area contributed by atoms with Crippen molar-refractivity contribution in [2.75, 3.05) is 0 Å².